The number of ether oxygens (including phenoxy) is 1. The Morgan fingerprint density at radius 3 is 2.23 bits per heavy atom. The van der Waals surface area contributed by atoms with E-state index in [2.05, 4.69) is 19.2 Å². The van der Waals surface area contributed by atoms with Crippen LogP contribution in [0.15, 0.2) is 54.6 Å². The van der Waals surface area contributed by atoms with Crippen LogP contribution in [0.3, 0.4) is 0 Å². The molecule has 5 heteroatoms. The molecule has 2 rings (SSSR count). The van der Waals surface area contributed by atoms with Gasteiger partial charge in [0.25, 0.3) is 5.91 Å². The van der Waals surface area contributed by atoms with Crippen molar-refractivity contribution in [2.24, 2.45) is 0 Å². The summed E-state index contributed by atoms with van der Waals surface area (Å²) in [7, 11) is 0. The van der Waals surface area contributed by atoms with Crippen LogP contribution in [-0.4, -0.2) is 35.9 Å². The predicted molar refractivity (Wildman–Crippen MR) is 120 cm³/mol. The van der Waals surface area contributed by atoms with Gasteiger partial charge in [0.1, 0.15) is 11.8 Å². The van der Waals surface area contributed by atoms with Crippen molar-refractivity contribution >= 4 is 11.8 Å². The zero-order valence-corrected chi connectivity index (χ0v) is 18.6. The van der Waals surface area contributed by atoms with Gasteiger partial charge in [0, 0.05) is 13.1 Å². The normalized spacial score (nSPS) is 11.8. The molecule has 0 spiro atoms. The summed E-state index contributed by atoms with van der Waals surface area (Å²) in [4.78, 5) is 27.4. The number of rotatable bonds is 11. The predicted octanol–water partition coefficient (Wildman–Crippen LogP) is 4.52. The first-order chi connectivity index (χ1) is 14.5. The molecule has 0 aliphatic rings. The Balaban J connectivity index is 2.13. The lowest BCUT2D eigenvalue weighted by atomic mass is 10.0. The maximum atomic E-state index is 13.1. The summed E-state index contributed by atoms with van der Waals surface area (Å²) in [5.41, 5.74) is 2.20. The third-order valence-corrected chi connectivity index (χ3v) is 5.04. The molecule has 2 aromatic rings. The maximum Gasteiger partial charge on any atom is 0.261 e. The third-order valence-electron chi connectivity index (χ3n) is 5.04. The first-order valence-electron chi connectivity index (χ1n) is 10.8. The number of hydrogen-bond acceptors (Lipinski definition) is 3. The molecular formula is C25H34N2O3. The van der Waals surface area contributed by atoms with Crippen LogP contribution in [0.2, 0.25) is 0 Å². The van der Waals surface area contributed by atoms with Crippen LogP contribution < -0.4 is 10.1 Å². The molecule has 1 atom stereocenters. The summed E-state index contributed by atoms with van der Waals surface area (Å²) >= 11 is 0. The Hall–Kier alpha value is -2.82. The molecule has 0 saturated heterocycles. The molecule has 0 radical (unpaired) electrons. The number of carbonyl (C=O) groups is 2. The van der Waals surface area contributed by atoms with E-state index >= 15 is 0 Å². The van der Waals surface area contributed by atoms with E-state index < -0.39 is 6.04 Å². The van der Waals surface area contributed by atoms with Crippen molar-refractivity contribution in [2.75, 3.05) is 13.2 Å². The van der Waals surface area contributed by atoms with Gasteiger partial charge in [-0.25, -0.2) is 0 Å². The molecule has 0 fully saturated rings. The largest absolute Gasteiger partial charge is 0.484 e. The van der Waals surface area contributed by atoms with Gasteiger partial charge in [-0.1, -0.05) is 70.2 Å². The molecule has 2 aromatic carbocycles. The summed E-state index contributed by atoms with van der Waals surface area (Å²) in [5, 5.41) is 2.92. The molecule has 5 nitrogen and oxygen atoms in total. The summed E-state index contributed by atoms with van der Waals surface area (Å²) in [6, 6.07) is 17.0. The zero-order chi connectivity index (χ0) is 21.9. The SMILES string of the molecule is CCCNC(=O)[C@@H](CC)N(Cc1ccccc1)C(=O)COc1ccc(C(C)C)cc1. The summed E-state index contributed by atoms with van der Waals surface area (Å²) in [5.74, 6) is 0.764. The quantitative estimate of drug-likeness (QED) is 0.592. The van der Waals surface area contributed by atoms with Gasteiger partial charge in [-0.15, -0.1) is 0 Å². The molecule has 0 aliphatic carbocycles. The second kappa shape index (κ2) is 12.0. The lowest BCUT2D eigenvalue weighted by Crippen LogP contribution is -2.50. The average Bonchev–Trinajstić information content (AvgIpc) is 2.76. The van der Waals surface area contributed by atoms with E-state index in [4.69, 9.17) is 4.74 Å². The first kappa shape index (κ1) is 23.5. The van der Waals surface area contributed by atoms with E-state index in [0.29, 0.717) is 31.2 Å². The number of carbonyl (C=O) groups excluding carboxylic acids is 2. The van der Waals surface area contributed by atoms with Gasteiger partial charge >= 0.3 is 0 Å². The monoisotopic (exact) mass is 410 g/mol. The Labute approximate surface area is 180 Å². The van der Waals surface area contributed by atoms with Gasteiger partial charge in [-0.3, -0.25) is 9.59 Å². The Bertz CT molecular complexity index is 788. The van der Waals surface area contributed by atoms with Crippen molar-refractivity contribution < 1.29 is 14.3 Å². The first-order valence-corrected chi connectivity index (χ1v) is 10.8. The van der Waals surface area contributed by atoms with E-state index in [1.807, 2.05) is 68.4 Å². The average molecular weight is 411 g/mol. The van der Waals surface area contributed by atoms with Crippen LogP contribution in [0.5, 0.6) is 5.75 Å². The minimum Gasteiger partial charge on any atom is -0.484 e. The minimum atomic E-state index is -0.531. The summed E-state index contributed by atoms with van der Waals surface area (Å²) < 4.78 is 5.75. The maximum absolute atomic E-state index is 13.1. The van der Waals surface area contributed by atoms with Crippen LogP contribution >= 0.6 is 0 Å². The van der Waals surface area contributed by atoms with Crippen molar-refractivity contribution in [1.29, 1.82) is 0 Å². The number of hydrogen-bond donors (Lipinski definition) is 1. The fraction of sp³-hybridized carbons (Fsp3) is 0.440. The highest BCUT2D eigenvalue weighted by molar-refractivity contribution is 5.88. The van der Waals surface area contributed by atoms with Gasteiger partial charge in [0.15, 0.2) is 6.61 Å². The van der Waals surface area contributed by atoms with Crippen LogP contribution in [0.4, 0.5) is 0 Å². The smallest absolute Gasteiger partial charge is 0.261 e. The van der Waals surface area contributed by atoms with Crippen LogP contribution in [0, 0.1) is 0 Å². The standard InChI is InChI=1S/C25H34N2O3/c1-5-16-26-25(29)23(6-2)27(17-20-10-8-7-9-11-20)24(28)18-30-22-14-12-21(13-15-22)19(3)4/h7-15,19,23H,5-6,16-18H2,1-4H3,(H,26,29)/t23-/m1/s1. The van der Waals surface area contributed by atoms with Crippen molar-refractivity contribution in [2.45, 2.75) is 59.0 Å². The highest BCUT2D eigenvalue weighted by atomic mass is 16.5. The van der Waals surface area contributed by atoms with E-state index in [-0.39, 0.29) is 18.4 Å². The molecule has 2 amide bonds. The zero-order valence-electron chi connectivity index (χ0n) is 18.6. The third kappa shape index (κ3) is 6.90. The second-order valence-corrected chi connectivity index (χ2v) is 7.73. The van der Waals surface area contributed by atoms with Gasteiger partial charge in [0.2, 0.25) is 5.91 Å². The Morgan fingerprint density at radius 1 is 1.00 bits per heavy atom. The highest BCUT2D eigenvalue weighted by Crippen LogP contribution is 2.19. The van der Waals surface area contributed by atoms with Crippen LogP contribution in [-0.2, 0) is 16.1 Å². The van der Waals surface area contributed by atoms with Gasteiger partial charge in [-0.2, -0.15) is 0 Å². The van der Waals surface area contributed by atoms with E-state index in [1.165, 1.54) is 5.56 Å². The second-order valence-electron chi connectivity index (χ2n) is 7.73. The fourth-order valence-corrected chi connectivity index (χ4v) is 3.24. The summed E-state index contributed by atoms with van der Waals surface area (Å²) in [6.07, 6.45) is 1.39. The molecule has 0 heterocycles. The topological polar surface area (TPSA) is 58.6 Å². The highest BCUT2D eigenvalue weighted by Gasteiger charge is 2.28. The molecule has 1 N–H and O–H groups in total. The van der Waals surface area contributed by atoms with Crippen molar-refractivity contribution in [3.8, 4) is 5.75 Å². The van der Waals surface area contributed by atoms with Crippen molar-refractivity contribution in [3.63, 3.8) is 0 Å². The summed E-state index contributed by atoms with van der Waals surface area (Å²) in [6.45, 7) is 9.06. The van der Waals surface area contributed by atoms with Crippen molar-refractivity contribution in [3.05, 3.63) is 65.7 Å². The number of nitrogens with one attached hydrogen (secondary N) is 1. The minimum absolute atomic E-state index is 0.106. The van der Waals surface area contributed by atoms with Gasteiger partial charge < -0.3 is 15.0 Å². The molecule has 0 unspecified atom stereocenters. The molecule has 0 saturated carbocycles. The number of benzene rings is 2. The van der Waals surface area contributed by atoms with Gasteiger partial charge in [-0.05, 0) is 42.0 Å². The molecule has 162 valence electrons. The van der Waals surface area contributed by atoms with Crippen LogP contribution in [0.25, 0.3) is 0 Å². The van der Waals surface area contributed by atoms with Crippen molar-refractivity contribution in [1.82, 2.24) is 10.2 Å². The molecule has 0 aromatic heterocycles. The Morgan fingerprint density at radius 2 is 1.67 bits per heavy atom. The van der Waals surface area contributed by atoms with E-state index in [0.717, 1.165) is 12.0 Å². The number of nitrogens with zero attached hydrogens (tertiary/aromatic N) is 1. The lowest BCUT2D eigenvalue weighted by Gasteiger charge is -2.30. The fourth-order valence-electron chi connectivity index (χ4n) is 3.24. The molecular weight excluding hydrogens is 376 g/mol. The van der Waals surface area contributed by atoms with E-state index in [9.17, 15) is 9.59 Å². The van der Waals surface area contributed by atoms with Crippen LogP contribution in [0.1, 0.15) is 57.6 Å². The molecule has 0 aliphatic heterocycles. The van der Waals surface area contributed by atoms with E-state index in [1.54, 1.807) is 4.90 Å². The lowest BCUT2D eigenvalue weighted by molar-refractivity contribution is -0.143. The molecule has 0 bridgehead atoms. The molecule has 30 heavy (non-hydrogen) atoms. The number of amides is 2. The van der Waals surface area contributed by atoms with Gasteiger partial charge in [0.05, 0.1) is 0 Å². The Kier molecular flexibility index (Phi) is 9.39.